The van der Waals surface area contributed by atoms with Gasteiger partial charge < -0.3 is 10.2 Å². The minimum Gasteiger partial charge on any atom is -0.506 e. The molecule has 0 aliphatic carbocycles. The van der Waals surface area contributed by atoms with E-state index in [1.54, 1.807) is 28.9 Å². The molecule has 0 fully saturated rings. The van der Waals surface area contributed by atoms with Gasteiger partial charge >= 0.3 is 5.97 Å². The number of nitrogens with zero attached hydrogens (tertiary/aromatic N) is 4. The zero-order valence-corrected chi connectivity index (χ0v) is 16.6. The number of rotatable bonds is 7. The minimum atomic E-state index is -2.17. The standard InChI is InChI=1S/C21H16F4N4O3/c1-2-15(28-12-5-3-11(4-6-12)8-29-10-26-9-27-29)16(21(31)32)20(30)13-7-14(22)18(24)19(25)17(13)23/h3-7,9-10,30H,2,8H2,1H3,(H,31,32). The fourth-order valence-corrected chi connectivity index (χ4v) is 2.89. The lowest BCUT2D eigenvalue weighted by Gasteiger charge is -2.11. The van der Waals surface area contributed by atoms with Crippen molar-refractivity contribution in [2.45, 2.75) is 19.9 Å². The van der Waals surface area contributed by atoms with Crippen LogP contribution in [0, 0.1) is 23.3 Å². The Kier molecular flexibility index (Phi) is 6.67. The van der Waals surface area contributed by atoms with Gasteiger partial charge in [0.15, 0.2) is 23.3 Å². The number of aromatic nitrogens is 3. The van der Waals surface area contributed by atoms with Crippen molar-refractivity contribution in [3.8, 4) is 0 Å². The highest BCUT2D eigenvalue weighted by Crippen LogP contribution is 2.27. The van der Waals surface area contributed by atoms with E-state index < -0.39 is 46.1 Å². The van der Waals surface area contributed by atoms with Crippen molar-refractivity contribution < 1.29 is 32.6 Å². The molecule has 11 heteroatoms. The lowest BCUT2D eigenvalue weighted by atomic mass is 10.0. The van der Waals surface area contributed by atoms with Gasteiger partial charge in [-0.25, -0.2) is 32.0 Å². The van der Waals surface area contributed by atoms with Crippen LogP contribution in [0.3, 0.4) is 0 Å². The lowest BCUT2D eigenvalue weighted by Crippen LogP contribution is -2.15. The highest BCUT2D eigenvalue weighted by Gasteiger charge is 2.27. The molecule has 32 heavy (non-hydrogen) atoms. The second-order valence-electron chi connectivity index (χ2n) is 6.55. The summed E-state index contributed by atoms with van der Waals surface area (Å²) in [6.07, 6.45) is 2.90. The van der Waals surface area contributed by atoms with Crippen LogP contribution in [0.2, 0.25) is 0 Å². The normalized spacial score (nSPS) is 12.6. The van der Waals surface area contributed by atoms with Crippen molar-refractivity contribution in [3.05, 3.63) is 83.0 Å². The summed E-state index contributed by atoms with van der Waals surface area (Å²) in [7, 11) is 0. The van der Waals surface area contributed by atoms with Crippen LogP contribution in [0.25, 0.3) is 5.76 Å². The van der Waals surface area contributed by atoms with Crippen molar-refractivity contribution in [1.82, 2.24) is 14.8 Å². The van der Waals surface area contributed by atoms with E-state index in [0.29, 0.717) is 12.2 Å². The number of carbonyl (C=O) groups is 1. The summed E-state index contributed by atoms with van der Waals surface area (Å²) in [5, 5.41) is 23.9. The number of carboxylic acids is 1. The summed E-state index contributed by atoms with van der Waals surface area (Å²) in [6, 6.07) is 6.76. The number of carboxylic acid groups (broad SMARTS) is 1. The Morgan fingerprint density at radius 3 is 2.31 bits per heavy atom. The summed E-state index contributed by atoms with van der Waals surface area (Å²) in [4.78, 5) is 19.8. The Bertz CT molecular complexity index is 1210. The van der Waals surface area contributed by atoms with Gasteiger partial charge in [0.05, 0.1) is 23.5 Å². The summed E-state index contributed by atoms with van der Waals surface area (Å²) >= 11 is 0. The molecule has 0 atom stereocenters. The summed E-state index contributed by atoms with van der Waals surface area (Å²) < 4.78 is 56.0. The van der Waals surface area contributed by atoms with E-state index in [0.717, 1.165) is 5.56 Å². The Morgan fingerprint density at radius 1 is 1.06 bits per heavy atom. The van der Waals surface area contributed by atoms with Crippen LogP contribution in [0.15, 0.2) is 53.6 Å². The third kappa shape index (κ3) is 4.66. The Morgan fingerprint density at radius 2 is 1.75 bits per heavy atom. The van der Waals surface area contributed by atoms with Gasteiger partial charge in [0.25, 0.3) is 0 Å². The Balaban J connectivity index is 2.02. The fraction of sp³-hybridized carbons (Fsp3) is 0.143. The number of benzene rings is 2. The van der Waals surface area contributed by atoms with Crippen LogP contribution in [0.4, 0.5) is 23.2 Å². The highest BCUT2D eigenvalue weighted by molar-refractivity contribution is 6.24. The molecule has 0 aliphatic heterocycles. The van der Waals surface area contributed by atoms with Crippen LogP contribution < -0.4 is 0 Å². The molecule has 1 heterocycles. The highest BCUT2D eigenvalue weighted by atomic mass is 19.2. The molecule has 0 aliphatic rings. The zero-order chi connectivity index (χ0) is 23.4. The van der Waals surface area contributed by atoms with E-state index in [4.69, 9.17) is 0 Å². The van der Waals surface area contributed by atoms with Crippen LogP contribution in [0.5, 0.6) is 0 Å². The lowest BCUT2D eigenvalue weighted by molar-refractivity contribution is -0.132. The average molecular weight is 448 g/mol. The van der Waals surface area contributed by atoms with Gasteiger partial charge in [-0.05, 0) is 30.2 Å². The van der Waals surface area contributed by atoms with Gasteiger partial charge in [0.2, 0.25) is 0 Å². The average Bonchev–Trinajstić information content (AvgIpc) is 3.28. The van der Waals surface area contributed by atoms with E-state index in [9.17, 15) is 32.6 Å². The molecule has 3 rings (SSSR count). The molecule has 1 aromatic heterocycles. The molecule has 0 unspecified atom stereocenters. The Labute approximate surface area is 179 Å². The number of halogens is 4. The molecular formula is C21H16F4N4O3. The van der Waals surface area contributed by atoms with Gasteiger partial charge in [-0.2, -0.15) is 5.10 Å². The first-order valence-electron chi connectivity index (χ1n) is 9.22. The zero-order valence-electron chi connectivity index (χ0n) is 16.6. The third-order valence-corrected chi connectivity index (χ3v) is 4.44. The van der Waals surface area contributed by atoms with E-state index in [-0.39, 0.29) is 18.2 Å². The monoisotopic (exact) mass is 448 g/mol. The van der Waals surface area contributed by atoms with E-state index in [2.05, 4.69) is 15.1 Å². The molecule has 7 nitrogen and oxygen atoms in total. The van der Waals surface area contributed by atoms with Crippen molar-refractivity contribution in [3.63, 3.8) is 0 Å². The predicted molar refractivity (Wildman–Crippen MR) is 106 cm³/mol. The van der Waals surface area contributed by atoms with Crippen molar-refractivity contribution >= 4 is 23.1 Å². The van der Waals surface area contributed by atoms with E-state index in [1.807, 2.05) is 0 Å². The molecule has 0 spiro atoms. The van der Waals surface area contributed by atoms with Gasteiger partial charge in [0, 0.05) is 0 Å². The van der Waals surface area contributed by atoms with Gasteiger partial charge in [-0.15, -0.1) is 0 Å². The van der Waals surface area contributed by atoms with Crippen LogP contribution in [-0.2, 0) is 11.3 Å². The van der Waals surface area contributed by atoms with Gasteiger partial charge in [-0.1, -0.05) is 19.1 Å². The molecule has 2 N–H and O–H groups in total. The second kappa shape index (κ2) is 9.41. The van der Waals surface area contributed by atoms with Crippen molar-refractivity contribution in [2.24, 2.45) is 4.99 Å². The number of aliphatic hydroxyl groups is 1. The minimum absolute atomic E-state index is 0.0276. The molecule has 0 bridgehead atoms. The summed E-state index contributed by atoms with van der Waals surface area (Å²) in [5.41, 5.74) is -1.04. The molecule has 0 saturated carbocycles. The summed E-state index contributed by atoms with van der Waals surface area (Å²) in [5.74, 6) is -11.0. The van der Waals surface area contributed by atoms with Crippen LogP contribution in [0.1, 0.15) is 24.5 Å². The molecule has 0 amide bonds. The Hall–Kier alpha value is -4.02. The second-order valence-corrected chi connectivity index (χ2v) is 6.55. The quantitative estimate of drug-likeness (QED) is 0.139. The predicted octanol–water partition coefficient (Wildman–Crippen LogP) is 4.42. The van der Waals surface area contributed by atoms with Gasteiger partial charge in [0.1, 0.15) is 24.0 Å². The van der Waals surface area contributed by atoms with Crippen molar-refractivity contribution in [2.75, 3.05) is 0 Å². The maximum absolute atomic E-state index is 14.1. The molecule has 0 radical (unpaired) electrons. The third-order valence-electron chi connectivity index (χ3n) is 4.44. The SMILES string of the molecule is CCC(=Nc1ccc(Cn2cncn2)cc1)C(C(=O)O)=C(O)c1cc(F)c(F)c(F)c1F. The molecule has 2 aromatic carbocycles. The maximum Gasteiger partial charge on any atom is 0.341 e. The summed E-state index contributed by atoms with van der Waals surface area (Å²) in [6.45, 7) is 1.96. The van der Waals surface area contributed by atoms with E-state index in [1.165, 1.54) is 19.6 Å². The number of aliphatic carboxylic acids is 1. The van der Waals surface area contributed by atoms with Crippen LogP contribution in [-0.4, -0.2) is 36.7 Å². The number of hydrogen-bond acceptors (Lipinski definition) is 5. The first-order chi connectivity index (χ1) is 15.2. The van der Waals surface area contributed by atoms with Crippen molar-refractivity contribution in [1.29, 1.82) is 0 Å². The molecule has 0 saturated heterocycles. The molecule has 166 valence electrons. The van der Waals surface area contributed by atoms with E-state index >= 15 is 0 Å². The molecular weight excluding hydrogens is 432 g/mol. The topological polar surface area (TPSA) is 101 Å². The first-order valence-corrected chi connectivity index (χ1v) is 9.22. The number of aliphatic hydroxyl groups excluding tert-OH is 1. The first kappa shape index (κ1) is 22.7. The molecule has 3 aromatic rings. The number of aliphatic imine (C=N–C) groups is 1. The smallest absolute Gasteiger partial charge is 0.341 e. The fourth-order valence-electron chi connectivity index (χ4n) is 2.89. The number of hydrogen-bond donors (Lipinski definition) is 2. The van der Waals surface area contributed by atoms with Crippen LogP contribution >= 0.6 is 0 Å². The van der Waals surface area contributed by atoms with Gasteiger partial charge in [-0.3, -0.25) is 4.99 Å². The maximum atomic E-state index is 14.1. The largest absolute Gasteiger partial charge is 0.506 e.